The van der Waals surface area contributed by atoms with Gasteiger partial charge in [-0.25, -0.2) is 0 Å². The number of rotatable bonds is 2. The van der Waals surface area contributed by atoms with Crippen molar-refractivity contribution in [3.8, 4) is 0 Å². The summed E-state index contributed by atoms with van der Waals surface area (Å²) in [6.45, 7) is 1.83. The zero-order valence-electron chi connectivity index (χ0n) is 6.48. The first-order chi connectivity index (χ1) is 5.24. The predicted octanol–water partition coefficient (Wildman–Crippen LogP) is 0.422. The fraction of sp³-hybridized carbons (Fsp3) is 0.429. The van der Waals surface area contributed by atoms with Gasteiger partial charge in [-0.2, -0.15) is 5.10 Å². The summed E-state index contributed by atoms with van der Waals surface area (Å²) >= 11 is 0. The normalized spacial score (nSPS) is 13.0. The average molecular weight is 154 g/mol. The summed E-state index contributed by atoms with van der Waals surface area (Å²) in [4.78, 5) is 0. The van der Waals surface area contributed by atoms with Crippen molar-refractivity contribution in [1.82, 2.24) is 10.2 Å². The summed E-state index contributed by atoms with van der Waals surface area (Å²) in [5, 5.41) is 16.6. The van der Waals surface area contributed by atoms with Gasteiger partial charge in [-0.1, -0.05) is 0 Å². The Bertz CT molecular complexity index is 222. The van der Waals surface area contributed by atoms with Crippen LogP contribution in [0, 0.1) is 6.92 Å². The number of nitrogens with zero attached hydrogens (tertiary/aromatic N) is 2. The van der Waals surface area contributed by atoms with Gasteiger partial charge in [0.1, 0.15) is 5.69 Å². The van der Waals surface area contributed by atoms with Crippen LogP contribution in [0.3, 0.4) is 0 Å². The van der Waals surface area contributed by atoms with E-state index in [-0.39, 0.29) is 0 Å². The summed E-state index contributed by atoms with van der Waals surface area (Å²) in [5.74, 6) is 0. The Morgan fingerprint density at radius 3 is 2.64 bits per heavy atom. The van der Waals surface area contributed by atoms with E-state index in [4.69, 9.17) is 5.11 Å². The van der Waals surface area contributed by atoms with Crippen LogP contribution in [-0.2, 0) is 4.74 Å². The minimum atomic E-state index is -0.969. The molecule has 0 bridgehead atoms. The second-order valence-corrected chi connectivity index (χ2v) is 2.19. The van der Waals surface area contributed by atoms with Crippen LogP contribution in [0.2, 0.25) is 0 Å². The third-order valence-corrected chi connectivity index (χ3v) is 1.29. The largest absolute Gasteiger partial charge is 0.363 e. The molecule has 1 atom stereocenters. The Hall–Kier alpha value is -1.00. The zero-order chi connectivity index (χ0) is 8.27. The number of hydrogen-bond acceptors (Lipinski definition) is 4. The lowest BCUT2D eigenvalue weighted by Crippen LogP contribution is -2.03. The highest BCUT2D eigenvalue weighted by atomic mass is 16.6. The molecule has 4 nitrogen and oxygen atoms in total. The first-order valence-electron chi connectivity index (χ1n) is 3.25. The molecule has 1 rings (SSSR count). The van der Waals surface area contributed by atoms with Gasteiger partial charge in [-0.15, -0.1) is 5.10 Å². The predicted molar refractivity (Wildman–Crippen MR) is 38.7 cm³/mol. The van der Waals surface area contributed by atoms with Gasteiger partial charge in [0.2, 0.25) is 0 Å². The van der Waals surface area contributed by atoms with Gasteiger partial charge in [0.05, 0.1) is 5.69 Å². The fourth-order valence-electron chi connectivity index (χ4n) is 0.662. The lowest BCUT2D eigenvalue weighted by Gasteiger charge is -2.05. The molecule has 11 heavy (non-hydrogen) atoms. The maximum atomic E-state index is 9.10. The van der Waals surface area contributed by atoms with Crippen LogP contribution in [0.1, 0.15) is 17.7 Å². The highest BCUT2D eigenvalue weighted by Crippen LogP contribution is 2.07. The second-order valence-electron chi connectivity index (χ2n) is 2.19. The second kappa shape index (κ2) is 3.41. The van der Waals surface area contributed by atoms with Crippen molar-refractivity contribution < 1.29 is 9.84 Å². The van der Waals surface area contributed by atoms with E-state index in [1.165, 1.54) is 7.11 Å². The zero-order valence-corrected chi connectivity index (χ0v) is 6.48. The summed E-state index contributed by atoms with van der Waals surface area (Å²) < 4.78 is 4.63. The van der Waals surface area contributed by atoms with Crippen LogP contribution in [0.4, 0.5) is 0 Å². The number of aromatic nitrogens is 2. The highest BCUT2D eigenvalue weighted by molar-refractivity contribution is 5.05. The van der Waals surface area contributed by atoms with Crippen molar-refractivity contribution in [2.45, 2.75) is 13.2 Å². The van der Waals surface area contributed by atoms with Crippen molar-refractivity contribution in [2.24, 2.45) is 0 Å². The minimum absolute atomic E-state index is 0.429. The molecule has 1 unspecified atom stereocenters. The molecule has 0 aliphatic carbocycles. The SMILES string of the molecule is COC(O)c1ccc(C)nn1. The molecule has 60 valence electrons. The average Bonchev–Trinajstić information content (AvgIpc) is 2.05. The Morgan fingerprint density at radius 2 is 2.18 bits per heavy atom. The molecule has 1 aromatic rings. The van der Waals surface area contributed by atoms with Gasteiger partial charge in [-0.05, 0) is 19.1 Å². The number of ether oxygens (including phenoxy) is 1. The van der Waals surface area contributed by atoms with Crippen molar-refractivity contribution in [3.63, 3.8) is 0 Å². The maximum absolute atomic E-state index is 9.10. The Morgan fingerprint density at radius 1 is 1.45 bits per heavy atom. The molecular weight excluding hydrogens is 144 g/mol. The van der Waals surface area contributed by atoms with Gasteiger partial charge < -0.3 is 9.84 Å². The van der Waals surface area contributed by atoms with E-state index in [0.717, 1.165) is 5.69 Å². The molecule has 0 radical (unpaired) electrons. The van der Waals surface area contributed by atoms with E-state index in [1.807, 2.05) is 6.92 Å². The van der Waals surface area contributed by atoms with Gasteiger partial charge in [-0.3, -0.25) is 0 Å². The molecule has 1 N–H and O–H groups in total. The van der Waals surface area contributed by atoms with Crippen molar-refractivity contribution in [3.05, 3.63) is 23.5 Å². The molecule has 0 fully saturated rings. The van der Waals surface area contributed by atoms with Crippen molar-refractivity contribution >= 4 is 0 Å². The third-order valence-electron chi connectivity index (χ3n) is 1.29. The van der Waals surface area contributed by atoms with Gasteiger partial charge >= 0.3 is 0 Å². The molecular formula is C7H10N2O2. The van der Waals surface area contributed by atoms with Crippen LogP contribution >= 0.6 is 0 Å². The van der Waals surface area contributed by atoms with Gasteiger partial charge in [0.15, 0.2) is 6.29 Å². The molecule has 0 aliphatic rings. The van der Waals surface area contributed by atoms with E-state index in [9.17, 15) is 0 Å². The summed E-state index contributed by atoms with van der Waals surface area (Å²) in [6, 6.07) is 3.45. The monoisotopic (exact) mass is 154 g/mol. The number of aliphatic hydroxyl groups is 1. The topological polar surface area (TPSA) is 55.2 Å². The Balaban J connectivity index is 2.81. The lowest BCUT2D eigenvalue weighted by atomic mass is 10.3. The third kappa shape index (κ3) is 1.96. The van der Waals surface area contributed by atoms with Crippen LogP contribution in [-0.4, -0.2) is 22.4 Å². The van der Waals surface area contributed by atoms with E-state index < -0.39 is 6.29 Å². The molecule has 0 spiro atoms. The van der Waals surface area contributed by atoms with E-state index in [0.29, 0.717) is 5.69 Å². The smallest absolute Gasteiger partial charge is 0.200 e. The van der Waals surface area contributed by atoms with E-state index in [1.54, 1.807) is 12.1 Å². The molecule has 1 aromatic heterocycles. The molecule has 0 amide bonds. The van der Waals surface area contributed by atoms with Gasteiger partial charge in [0.25, 0.3) is 0 Å². The number of methoxy groups -OCH3 is 1. The first-order valence-corrected chi connectivity index (χ1v) is 3.25. The molecule has 4 heteroatoms. The lowest BCUT2D eigenvalue weighted by molar-refractivity contribution is -0.0804. The molecule has 0 saturated heterocycles. The standard InChI is InChI=1S/C7H10N2O2/c1-5-3-4-6(9-8-5)7(10)11-2/h3-4,7,10H,1-2H3. The van der Waals surface area contributed by atoms with Crippen LogP contribution in [0.15, 0.2) is 12.1 Å². The van der Waals surface area contributed by atoms with Crippen molar-refractivity contribution in [2.75, 3.05) is 7.11 Å². The molecule has 0 saturated carbocycles. The summed E-state index contributed by atoms with van der Waals surface area (Å²) in [6.07, 6.45) is -0.969. The van der Waals surface area contributed by atoms with E-state index >= 15 is 0 Å². The quantitative estimate of drug-likeness (QED) is 0.627. The fourth-order valence-corrected chi connectivity index (χ4v) is 0.662. The molecule has 1 heterocycles. The van der Waals surface area contributed by atoms with Crippen LogP contribution in [0.25, 0.3) is 0 Å². The van der Waals surface area contributed by atoms with E-state index in [2.05, 4.69) is 14.9 Å². The molecule has 0 aliphatic heterocycles. The summed E-state index contributed by atoms with van der Waals surface area (Å²) in [5.41, 5.74) is 1.25. The Kier molecular flexibility index (Phi) is 2.51. The van der Waals surface area contributed by atoms with Crippen LogP contribution in [0.5, 0.6) is 0 Å². The number of hydrogen-bond donors (Lipinski definition) is 1. The summed E-state index contributed by atoms with van der Waals surface area (Å²) in [7, 11) is 1.41. The molecule has 0 aromatic carbocycles. The Labute approximate surface area is 64.8 Å². The van der Waals surface area contributed by atoms with Gasteiger partial charge in [0, 0.05) is 7.11 Å². The van der Waals surface area contributed by atoms with Crippen LogP contribution < -0.4 is 0 Å². The highest BCUT2D eigenvalue weighted by Gasteiger charge is 2.05. The van der Waals surface area contributed by atoms with Crippen molar-refractivity contribution in [1.29, 1.82) is 0 Å². The first kappa shape index (κ1) is 8.10. The maximum Gasteiger partial charge on any atom is 0.200 e. The number of aliphatic hydroxyl groups excluding tert-OH is 1. The minimum Gasteiger partial charge on any atom is -0.363 e. The number of aryl methyl sites for hydroxylation is 1.